The summed E-state index contributed by atoms with van der Waals surface area (Å²) in [5.41, 5.74) is 0.418. The van der Waals surface area contributed by atoms with Crippen LogP contribution in [0.4, 0.5) is 0 Å². The van der Waals surface area contributed by atoms with Gasteiger partial charge in [-0.15, -0.1) is 11.3 Å². The molecule has 1 atom stereocenters. The Morgan fingerprint density at radius 2 is 1.97 bits per heavy atom. The summed E-state index contributed by atoms with van der Waals surface area (Å²) < 4.78 is 10.6. The Bertz CT molecular complexity index is 952. The van der Waals surface area contributed by atoms with Gasteiger partial charge in [0.15, 0.2) is 0 Å². The predicted molar refractivity (Wildman–Crippen MR) is 116 cm³/mol. The lowest BCUT2D eigenvalue weighted by molar-refractivity contribution is -0.139. The van der Waals surface area contributed by atoms with Gasteiger partial charge in [0.05, 0.1) is 31.4 Å². The van der Waals surface area contributed by atoms with E-state index >= 15 is 0 Å². The predicted octanol–water partition coefficient (Wildman–Crippen LogP) is 3.14. The van der Waals surface area contributed by atoms with Crippen LogP contribution in [0.5, 0.6) is 11.5 Å². The number of hydrogen-bond acceptors (Lipinski definition) is 7. The number of ketones is 1. The van der Waals surface area contributed by atoms with Gasteiger partial charge in [-0.2, -0.15) is 0 Å². The van der Waals surface area contributed by atoms with Crippen LogP contribution >= 0.6 is 11.3 Å². The fraction of sp³-hybridized carbons (Fsp3) is 0.364. The van der Waals surface area contributed by atoms with E-state index in [0.717, 1.165) is 11.4 Å². The van der Waals surface area contributed by atoms with Crippen molar-refractivity contribution in [1.29, 1.82) is 0 Å². The van der Waals surface area contributed by atoms with Crippen molar-refractivity contribution in [3.63, 3.8) is 0 Å². The van der Waals surface area contributed by atoms with E-state index in [9.17, 15) is 14.7 Å². The van der Waals surface area contributed by atoms with Crippen LogP contribution in [-0.4, -0.2) is 68.0 Å². The molecule has 3 rings (SSSR count). The molecule has 1 aliphatic rings. The number of thiophene rings is 1. The van der Waals surface area contributed by atoms with E-state index in [0.29, 0.717) is 30.0 Å². The van der Waals surface area contributed by atoms with Gasteiger partial charge in [0.1, 0.15) is 17.3 Å². The first-order valence-electron chi connectivity index (χ1n) is 9.58. The Labute approximate surface area is 180 Å². The highest BCUT2D eigenvalue weighted by molar-refractivity contribution is 7.10. The molecule has 0 spiro atoms. The summed E-state index contributed by atoms with van der Waals surface area (Å²) in [6.45, 7) is 1.20. The second-order valence-electron chi connectivity index (χ2n) is 7.23. The summed E-state index contributed by atoms with van der Waals surface area (Å²) in [6.07, 6.45) is 0.716. The minimum Gasteiger partial charge on any atom is -0.507 e. The van der Waals surface area contributed by atoms with E-state index in [4.69, 9.17) is 9.47 Å². The summed E-state index contributed by atoms with van der Waals surface area (Å²) in [4.78, 5) is 30.2. The molecule has 8 heteroatoms. The number of ether oxygens (including phenoxy) is 2. The second kappa shape index (κ2) is 9.32. The van der Waals surface area contributed by atoms with Gasteiger partial charge >= 0.3 is 0 Å². The van der Waals surface area contributed by atoms with Gasteiger partial charge < -0.3 is 24.4 Å². The average Bonchev–Trinajstić information content (AvgIpc) is 3.35. The van der Waals surface area contributed by atoms with Crippen molar-refractivity contribution >= 4 is 28.8 Å². The normalized spacial score (nSPS) is 18.3. The zero-order chi connectivity index (χ0) is 21.8. The number of amides is 1. The van der Waals surface area contributed by atoms with E-state index in [1.165, 1.54) is 25.6 Å². The summed E-state index contributed by atoms with van der Waals surface area (Å²) in [5.74, 6) is -0.617. The first kappa shape index (κ1) is 21.9. The van der Waals surface area contributed by atoms with Crippen molar-refractivity contribution in [2.45, 2.75) is 12.5 Å². The molecule has 0 aliphatic carbocycles. The molecule has 2 aromatic rings. The van der Waals surface area contributed by atoms with Crippen molar-refractivity contribution in [1.82, 2.24) is 9.80 Å². The molecule has 0 saturated carbocycles. The highest BCUT2D eigenvalue weighted by atomic mass is 32.1. The van der Waals surface area contributed by atoms with Crippen LogP contribution in [0.3, 0.4) is 0 Å². The van der Waals surface area contributed by atoms with Gasteiger partial charge in [-0.3, -0.25) is 9.59 Å². The summed E-state index contributed by atoms with van der Waals surface area (Å²) in [7, 11) is 6.92. The molecule has 1 fully saturated rings. The van der Waals surface area contributed by atoms with Crippen molar-refractivity contribution in [2.24, 2.45) is 0 Å². The first-order valence-corrected chi connectivity index (χ1v) is 10.5. The number of likely N-dealkylation sites (tertiary alicyclic amines) is 1. The number of hydrogen-bond donors (Lipinski definition) is 1. The number of carbonyl (C=O) groups is 2. The monoisotopic (exact) mass is 430 g/mol. The molecule has 0 radical (unpaired) electrons. The third-order valence-electron chi connectivity index (χ3n) is 5.02. The van der Waals surface area contributed by atoms with E-state index in [2.05, 4.69) is 0 Å². The average molecular weight is 431 g/mol. The SMILES string of the molecule is COc1ccc(C(O)=C2C(=O)C(=O)N(CCCN(C)C)[C@@H]2c2cccs2)c(OC)c1. The van der Waals surface area contributed by atoms with Crippen LogP contribution in [0.25, 0.3) is 5.76 Å². The highest BCUT2D eigenvalue weighted by Crippen LogP contribution is 2.42. The molecule has 0 bridgehead atoms. The zero-order valence-electron chi connectivity index (χ0n) is 17.5. The minimum absolute atomic E-state index is 0.0794. The quantitative estimate of drug-likeness (QED) is 0.394. The molecule has 0 unspecified atom stereocenters. The van der Waals surface area contributed by atoms with Gasteiger partial charge in [0.2, 0.25) is 0 Å². The van der Waals surface area contributed by atoms with E-state index in [1.807, 2.05) is 36.5 Å². The Kier molecular flexibility index (Phi) is 6.79. The maximum atomic E-state index is 13.0. The van der Waals surface area contributed by atoms with Crippen molar-refractivity contribution in [2.75, 3.05) is 41.4 Å². The highest BCUT2D eigenvalue weighted by Gasteiger charge is 2.46. The molecule has 1 aromatic heterocycles. The lowest BCUT2D eigenvalue weighted by Gasteiger charge is -2.24. The fourth-order valence-corrected chi connectivity index (χ4v) is 4.40. The Morgan fingerprint density at radius 3 is 2.57 bits per heavy atom. The maximum absolute atomic E-state index is 13.0. The number of benzene rings is 1. The van der Waals surface area contributed by atoms with Gasteiger partial charge in [-0.1, -0.05) is 6.07 Å². The largest absolute Gasteiger partial charge is 0.507 e. The molecular weight excluding hydrogens is 404 g/mol. The van der Waals surface area contributed by atoms with Crippen LogP contribution in [0.1, 0.15) is 22.9 Å². The topological polar surface area (TPSA) is 79.3 Å². The fourth-order valence-electron chi connectivity index (χ4n) is 3.55. The summed E-state index contributed by atoms with van der Waals surface area (Å²) >= 11 is 1.45. The first-order chi connectivity index (χ1) is 14.4. The molecule has 7 nitrogen and oxygen atoms in total. The number of aliphatic hydroxyl groups excluding tert-OH is 1. The number of rotatable bonds is 8. The lowest BCUT2D eigenvalue weighted by Crippen LogP contribution is -2.32. The molecule has 1 saturated heterocycles. The standard InChI is InChI=1S/C22H26N2O5S/c1-23(2)10-6-11-24-19(17-7-5-12-30-17)18(21(26)22(24)27)20(25)15-9-8-14(28-3)13-16(15)29-4/h5,7-9,12-13,19,25H,6,10-11H2,1-4H3/t19-/m1/s1. The molecule has 1 aromatic carbocycles. The van der Waals surface area contributed by atoms with Crippen LogP contribution in [-0.2, 0) is 9.59 Å². The Hall–Kier alpha value is -2.84. The number of carbonyl (C=O) groups excluding carboxylic acids is 2. The summed E-state index contributed by atoms with van der Waals surface area (Å²) in [6, 6.07) is 8.04. The van der Waals surface area contributed by atoms with Gasteiger partial charge in [0.25, 0.3) is 11.7 Å². The molecule has 160 valence electrons. The van der Waals surface area contributed by atoms with Crippen molar-refractivity contribution in [3.05, 3.63) is 51.7 Å². The van der Waals surface area contributed by atoms with Gasteiger partial charge in [0, 0.05) is 17.5 Å². The van der Waals surface area contributed by atoms with Crippen LogP contribution in [0.2, 0.25) is 0 Å². The number of Topliss-reactive ketones (excluding diaryl/α,β-unsaturated/α-hetero) is 1. The van der Waals surface area contributed by atoms with Crippen molar-refractivity contribution in [3.8, 4) is 11.5 Å². The Balaban J connectivity index is 2.09. The summed E-state index contributed by atoms with van der Waals surface area (Å²) in [5, 5.41) is 13.0. The van der Waals surface area contributed by atoms with Gasteiger partial charge in [-0.25, -0.2) is 0 Å². The minimum atomic E-state index is -0.686. The van der Waals surface area contributed by atoms with E-state index < -0.39 is 17.7 Å². The van der Waals surface area contributed by atoms with Gasteiger partial charge in [-0.05, 0) is 50.6 Å². The van der Waals surface area contributed by atoms with E-state index in [-0.39, 0.29) is 11.3 Å². The molecule has 1 aliphatic heterocycles. The number of aliphatic hydroxyl groups is 1. The van der Waals surface area contributed by atoms with E-state index in [1.54, 1.807) is 23.1 Å². The number of methoxy groups -OCH3 is 2. The van der Waals surface area contributed by atoms with Crippen molar-refractivity contribution < 1.29 is 24.2 Å². The zero-order valence-corrected chi connectivity index (χ0v) is 18.4. The third kappa shape index (κ3) is 4.20. The Morgan fingerprint density at radius 1 is 1.20 bits per heavy atom. The molecule has 1 N–H and O–H groups in total. The molecule has 1 amide bonds. The third-order valence-corrected chi connectivity index (χ3v) is 5.95. The smallest absolute Gasteiger partial charge is 0.295 e. The van der Waals surface area contributed by atoms with Crippen LogP contribution in [0, 0.1) is 0 Å². The molecule has 30 heavy (non-hydrogen) atoms. The lowest BCUT2D eigenvalue weighted by atomic mass is 9.99. The van der Waals surface area contributed by atoms with Crippen LogP contribution in [0.15, 0.2) is 41.3 Å². The maximum Gasteiger partial charge on any atom is 0.295 e. The second-order valence-corrected chi connectivity index (χ2v) is 8.21. The van der Waals surface area contributed by atoms with Crippen LogP contribution < -0.4 is 9.47 Å². The number of nitrogens with zero attached hydrogens (tertiary/aromatic N) is 2. The molecular formula is C22H26N2O5S. The molecule has 2 heterocycles.